The summed E-state index contributed by atoms with van der Waals surface area (Å²) in [6.45, 7) is 6.24. The van der Waals surface area contributed by atoms with Crippen molar-refractivity contribution in [3.63, 3.8) is 0 Å². The summed E-state index contributed by atoms with van der Waals surface area (Å²) < 4.78 is 5.45. The van der Waals surface area contributed by atoms with Crippen LogP contribution in [0.5, 0.6) is 0 Å². The molecule has 5 nitrogen and oxygen atoms in total. The molecule has 0 spiro atoms. The van der Waals surface area contributed by atoms with Crippen molar-refractivity contribution in [3.05, 3.63) is 35.9 Å². The van der Waals surface area contributed by atoms with Crippen LogP contribution in [0.2, 0.25) is 0 Å². The molecule has 0 unspecified atom stereocenters. The standard InChI is InChI=1S/C21H30N2O3/c24-16-18-12-17(13-22-8-10-26-11-9-22)14-23(15-18)20(25)21(6-7-21)19-4-2-1-3-5-19/h1-5,17-18,24H,6-16H2/t17-,18+/m1/s1. The number of rotatable bonds is 5. The third kappa shape index (κ3) is 3.66. The van der Waals surface area contributed by atoms with Gasteiger partial charge in [0.2, 0.25) is 5.91 Å². The van der Waals surface area contributed by atoms with Gasteiger partial charge < -0.3 is 14.7 Å². The first-order valence-electron chi connectivity index (χ1n) is 9.97. The highest BCUT2D eigenvalue weighted by molar-refractivity contribution is 5.91. The zero-order valence-corrected chi connectivity index (χ0v) is 15.5. The zero-order valence-electron chi connectivity index (χ0n) is 15.5. The fourth-order valence-electron chi connectivity index (χ4n) is 4.71. The van der Waals surface area contributed by atoms with Gasteiger partial charge in [-0.1, -0.05) is 30.3 Å². The highest BCUT2D eigenvalue weighted by atomic mass is 16.5. The van der Waals surface area contributed by atoms with Gasteiger partial charge in [-0.05, 0) is 36.7 Å². The van der Waals surface area contributed by atoms with Gasteiger partial charge in [-0.2, -0.15) is 0 Å². The molecule has 5 heteroatoms. The molecule has 1 saturated carbocycles. The van der Waals surface area contributed by atoms with Crippen LogP contribution >= 0.6 is 0 Å². The first-order chi connectivity index (χ1) is 12.7. The van der Waals surface area contributed by atoms with Crippen LogP contribution in [0.4, 0.5) is 0 Å². The second kappa shape index (κ2) is 7.67. The van der Waals surface area contributed by atoms with Crippen LogP contribution in [0.3, 0.4) is 0 Å². The van der Waals surface area contributed by atoms with Crippen LogP contribution in [-0.4, -0.2) is 73.4 Å². The molecular weight excluding hydrogens is 328 g/mol. The Morgan fingerprint density at radius 2 is 1.81 bits per heavy atom. The summed E-state index contributed by atoms with van der Waals surface area (Å²) in [5.74, 6) is 0.911. The summed E-state index contributed by atoms with van der Waals surface area (Å²) in [4.78, 5) is 17.9. The van der Waals surface area contributed by atoms with E-state index < -0.39 is 0 Å². The van der Waals surface area contributed by atoms with Gasteiger partial charge in [-0.15, -0.1) is 0 Å². The number of ether oxygens (including phenoxy) is 1. The van der Waals surface area contributed by atoms with Gasteiger partial charge in [0, 0.05) is 39.3 Å². The van der Waals surface area contributed by atoms with Crippen LogP contribution in [0, 0.1) is 11.8 Å². The summed E-state index contributed by atoms with van der Waals surface area (Å²) in [5.41, 5.74) is 0.850. The first-order valence-corrected chi connectivity index (χ1v) is 9.97. The summed E-state index contributed by atoms with van der Waals surface area (Å²) in [7, 11) is 0. The van der Waals surface area contributed by atoms with Crippen LogP contribution in [-0.2, 0) is 14.9 Å². The molecule has 1 N–H and O–H groups in total. The molecular formula is C21H30N2O3. The van der Waals surface area contributed by atoms with Crippen LogP contribution in [0.25, 0.3) is 0 Å². The number of aliphatic hydroxyl groups excluding tert-OH is 1. The Kier molecular flexibility index (Phi) is 5.30. The van der Waals surface area contributed by atoms with Crippen molar-refractivity contribution in [2.75, 3.05) is 52.5 Å². The van der Waals surface area contributed by atoms with E-state index in [0.717, 1.165) is 64.2 Å². The number of benzene rings is 1. The predicted molar refractivity (Wildman–Crippen MR) is 99.9 cm³/mol. The molecule has 0 radical (unpaired) electrons. The molecule has 1 aromatic rings. The van der Waals surface area contributed by atoms with E-state index in [-0.39, 0.29) is 23.8 Å². The second-order valence-corrected chi connectivity index (χ2v) is 8.22. The van der Waals surface area contributed by atoms with Gasteiger partial charge in [-0.3, -0.25) is 9.69 Å². The fraction of sp³-hybridized carbons (Fsp3) is 0.667. The highest BCUT2D eigenvalue weighted by Crippen LogP contribution is 2.50. The van der Waals surface area contributed by atoms with E-state index in [1.165, 1.54) is 0 Å². The predicted octanol–water partition coefficient (Wildman–Crippen LogP) is 1.51. The molecule has 2 heterocycles. The van der Waals surface area contributed by atoms with Gasteiger partial charge >= 0.3 is 0 Å². The largest absolute Gasteiger partial charge is 0.396 e. The number of nitrogens with zero attached hydrogens (tertiary/aromatic N) is 2. The topological polar surface area (TPSA) is 53.0 Å². The molecule has 2 atom stereocenters. The average Bonchev–Trinajstić information content (AvgIpc) is 3.50. The molecule has 0 bridgehead atoms. The number of likely N-dealkylation sites (tertiary alicyclic amines) is 1. The first kappa shape index (κ1) is 18.0. The Balaban J connectivity index is 1.45. The quantitative estimate of drug-likeness (QED) is 0.867. The highest BCUT2D eigenvalue weighted by Gasteiger charge is 2.53. The Hall–Kier alpha value is -1.43. The fourth-order valence-corrected chi connectivity index (χ4v) is 4.71. The molecule has 1 amide bonds. The molecule has 1 aromatic carbocycles. The molecule has 0 aromatic heterocycles. The van der Waals surface area contributed by atoms with Gasteiger partial charge in [0.05, 0.1) is 18.6 Å². The molecule has 26 heavy (non-hydrogen) atoms. The van der Waals surface area contributed by atoms with Gasteiger partial charge in [0.1, 0.15) is 0 Å². The number of amides is 1. The lowest BCUT2D eigenvalue weighted by atomic mass is 9.86. The van der Waals surface area contributed by atoms with Crippen molar-refractivity contribution in [3.8, 4) is 0 Å². The van der Waals surface area contributed by atoms with Crippen molar-refractivity contribution >= 4 is 5.91 Å². The van der Waals surface area contributed by atoms with Crippen LogP contribution in [0.15, 0.2) is 30.3 Å². The lowest BCUT2D eigenvalue weighted by Gasteiger charge is -2.41. The molecule has 2 aliphatic heterocycles. The van der Waals surface area contributed by atoms with Crippen molar-refractivity contribution in [1.82, 2.24) is 9.80 Å². The van der Waals surface area contributed by atoms with Gasteiger partial charge in [-0.25, -0.2) is 0 Å². The Bertz CT molecular complexity index is 611. The molecule has 3 aliphatic rings. The zero-order chi connectivity index (χ0) is 18.0. The average molecular weight is 358 g/mol. The number of aliphatic hydroxyl groups is 1. The van der Waals surface area contributed by atoms with E-state index in [1.807, 2.05) is 18.2 Å². The number of morpholine rings is 1. The minimum atomic E-state index is -0.303. The monoisotopic (exact) mass is 358 g/mol. The van der Waals surface area contributed by atoms with E-state index in [9.17, 15) is 9.90 Å². The van der Waals surface area contributed by atoms with Crippen molar-refractivity contribution < 1.29 is 14.6 Å². The summed E-state index contributed by atoms with van der Waals surface area (Å²) in [6, 6.07) is 10.2. The Morgan fingerprint density at radius 3 is 2.46 bits per heavy atom. The van der Waals surface area contributed by atoms with Crippen molar-refractivity contribution in [1.29, 1.82) is 0 Å². The number of hydrogen-bond acceptors (Lipinski definition) is 4. The molecule has 3 fully saturated rings. The van der Waals surface area contributed by atoms with E-state index >= 15 is 0 Å². The smallest absolute Gasteiger partial charge is 0.233 e. The van der Waals surface area contributed by atoms with Gasteiger partial charge in [0.25, 0.3) is 0 Å². The number of carbonyl (C=O) groups is 1. The Labute approximate surface area is 155 Å². The lowest BCUT2D eigenvalue weighted by molar-refractivity contribution is -0.137. The van der Waals surface area contributed by atoms with Gasteiger partial charge in [0.15, 0.2) is 0 Å². The second-order valence-electron chi connectivity index (χ2n) is 8.22. The van der Waals surface area contributed by atoms with E-state index in [0.29, 0.717) is 12.5 Å². The maximum Gasteiger partial charge on any atom is 0.233 e. The molecule has 4 rings (SSSR count). The third-order valence-electron chi connectivity index (χ3n) is 6.28. The lowest BCUT2D eigenvalue weighted by Crippen LogP contribution is -2.51. The minimum absolute atomic E-state index is 0.168. The summed E-state index contributed by atoms with van der Waals surface area (Å²) >= 11 is 0. The van der Waals surface area contributed by atoms with E-state index in [4.69, 9.17) is 4.74 Å². The normalized spacial score (nSPS) is 28.7. The van der Waals surface area contributed by atoms with Crippen LogP contribution in [0.1, 0.15) is 24.8 Å². The van der Waals surface area contributed by atoms with E-state index in [1.54, 1.807) is 0 Å². The minimum Gasteiger partial charge on any atom is -0.396 e. The third-order valence-corrected chi connectivity index (χ3v) is 6.28. The number of carbonyl (C=O) groups excluding carboxylic acids is 1. The summed E-state index contributed by atoms with van der Waals surface area (Å²) in [5, 5.41) is 9.78. The van der Waals surface area contributed by atoms with Crippen molar-refractivity contribution in [2.24, 2.45) is 11.8 Å². The van der Waals surface area contributed by atoms with Crippen LogP contribution < -0.4 is 0 Å². The van der Waals surface area contributed by atoms with Crippen molar-refractivity contribution in [2.45, 2.75) is 24.7 Å². The molecule has 1 aliphatic carbocycles. The number of hydrogen-bond donors (Lipinski definition) is 1. The maximum atomic E-state index is 13.4. The SMILES string of the molecule is O=C(N1C[C@@H](CN2CCOCC2)C[C@H](CO)C1)C1(c2ccccc2)CC1. The molecule has 2 saturated heterocycles. The maximum absolute atomic E-state index is 13.4. The molecule has 142 valence electrons. The Morgan fingerprint density at radius 1 is 1.12 bits per heavy atom. The van der Waals surface area contributed by atoms with E-state index in [2.05, 4.69) is 21.9 Å². The number of piperidine rings is 1. The summed E-state index contributed by atoms with van der Waals surface area (Å²) in [6.07, 6.45) is 2.91.